The molecule has 4 heteroatoms. The zero-order valence-electron chi connectivity index (χ0n) is 13.1. The van der Waals surface area contributed by atoms with Crippen LogP contribution in [0.5, 0.6) is 5.75 Å². The minimum absolute atomic E-state index is 0.112. The van der Waals surface area contributed by atoms with Crippen molar-refractivity contribution in [1.82, 2.24) is 0 Å². The van der Waals surface area contributed by atoms with Gasteiger partial charge < -0.3 is 9.84 Å². The second-order valence-corrected chi connectivity index (χ2v) is 6.66. The van der Waals surface area contributed by atoms with Crippen molar-refractivity contribution >= 4 is 11.8 Å². The number of hydrogen-bond acceptors (Lipinski definition) is 3. The molecule has 116 valence electrons. The molecule has 4 nitrogen and oxygen atoms in total. The van der Waals surface area contributed by atoms with Crippen LogP contribution in [0.4, 0.5) is 0 Å². The maximum absolute atomic E-state index is 12.5. The summed E-state index contributed by atoms with van der Waals surface area (Å²) >= 11 is 0. The molecule has 2 atom stereocenters. The normalized spacial score (nSPS) is 30.1. The van der Waals surface area contributed by atoms with Gasteiger partial charge in [-0.1, -0.05) is 13.3 Å². The molecule has 2 aliphatic rings. The number of methoxy groups -OCH3 is 1. The minimum atomic E-state index is -0.983. The molecule has 0 saturated heterocycles. The zero-order chi connectivity index (χ0) is 16.1. The lowest BCUT2D eigenvalue weighted by molar-refractivity contribution is -0.147. The molecule has 0 spiro atoms. The summed E-state index contributed by atoms with van der Waals surface area (Å²) in [6.45, 7) is 3.78. The number of ketones is 1. The molecular weight excluding hydrogens is 280 g/mol. The minimum Gasteiger partial charge on any atom is -0.497 e. The van der Waals surface area contributed by atoms with Gasteiger partial charge in [-0.2, -0.15) is 0 Å². The van der Waals surface area contributed by atoms with Crippen LogP contribution in [0.2, 0.25) is 0 Å². The van der Waals surface area contributed by atoms with Gasteiger partial charge in [-0.25, -0.2) is 0 Å². The lowest BCUT2D eigenvalue weighted by Gasteiger charge is -2.48. The number of carboxylic acid groups (broad SMARTS) is 1. The number of hydrogen-bond donors (Lipinski definition) is 1. The first-order valence-electron chi connectivity index (χ1n) is 7.52. The average molecular weight is 300 g/mol. The standard InChI is InChI=1S/C18H20O4/c1-17-7-4-8-18(2,16(20)21)15(17)10-14(19)12-6-5-11(22-3)9-13(12)17/h5-6,9-10H,4,7-8H2,1-3H3,(H,20,21)/t17-,18-/m1/s1. The number of rotatable bonds is 2. The van der Waals surface area contributed by atoms with Gasteiger partial charge in [0.2, 0.25) is 0 Å². The van der Waals surface area contributed by atoms with Gasteiger partial charge in [0.1, 0.15) is 5.75 Å². The van der Waals surface area contributed by atoms with Crippen LogP contribution in [0.15, 0.2) is 29.8 Å². The van der Waals surface area contributed by atoms with E-state index in [0.717, 1.165) is 24.0 Å². The highest BCUT2D eigenvalue weighted by Gasteiger charge is 2.52. The average Bonchev–Trinajstić information content (AvgIpc) is 2.49. The van der Waals surface area contributed by atoms with Crippen molar-refractivity contribution in [3.8, 4) is 5.75 Å². The van der Waals surface area contributed by atoms with Crippen LogP contribution < -0.4 is 4.74 Å². The maximum atomic E-state index is 12.5. The van der Waals surface area contributed by atoms with E-state index >= 15 is 0 Å². The van der Waals surface area contributed by atoms with E-state index in [9.17, 15) is 14.7 Å². The summed E-state index contributed by atoms with van der Waals surface area (Å²) in [4.78, 5) is 24.3. The lowest BCUT2D eigenvalue weighted by Crippen LogP contribution is -2.46. The Morgan fingerprint density at radius 2 is 2.00 bits per heavy atom. The summed E-state index contributed by atoms with van der Waals surface area (Å²) in [5.41, 5.74) is 0.861. The fraction of sp³-hybridized carbons (Fsp3) is 0.444. The van der Waals surface area contributed by atoms with E-state index in [1.807, 2.05) is 13.0 Å². The monoisotopic (exact) mass is 300 g/mol. The van der Waals surface area contributed by atoms with Gasteiger partial charge >= 0.3 is 5.97 Å². The van der Waals surface area contributed by atoms with Gasteiger partial charge in [-0.15, -0.1) is 0 Å². The Hall–Kier alpha value is -2.10. The number of carboxylic acids is 1. The number of allylic oxidation sites excluding steroid dienone is 1. The molecule has 2 aliphatic carbocycles. The van der Waals surface area contributed by atoms with E-state index in [2.05, 4.69) is 0 Å². The van der Waals surface area contributed by atoms with Crippen LogP contribution in [-0.4, -0.2) is 24.0 Å². The summed E-state index contributed by atoms with van der Waals surface area (Å²) in [5.74, 6) is -0.278. The molecule has 0 bridgehead atoms. The summed E-state index contributed by atoms with van der Waals surface area (Å²) < 4.78 is 5.29. The van der Waals surface area contributed by atoms with E-state index in [4.69, 9.17) is 4.74 Å². The molecule has 1 aromatic rings. The van der Waals surface area contributed by atoms with Gasteiger partial charge in [0.15, 0.2) is 5.78 Å². The number of carbonyl (C=O) groups excluding carboxylic acids is 1. The van der Waals surface area contributed by atoms with Gasteiger partial charge in [0, 0.05) is 11.0 Å². The Balaban J connectivity index is 2.25. The number of ether oxygens (including phenoxy) is 1. The van der Waals surface area contributed by atoms with Crippen molar-refractivity contribution < 1.29 is 19.4 Å². The first kappa shape index (κ1) is 14.8. The van der Waals surface area contributed by atoms with Crippen LogP contribution in [0.25, 0.3) is 0 Å². The molecule has 0 radical (unpaired) electrons. The molecule has 0 unspecified atom stereocenters. The quantitative estimate of drug-likeness (QED) is 0.909. The van der Waals surface area contributed by atoms with Gasteiger partial charge in [0.25, 0.3) is 0 Å². The predicted molar refractivity (Wildman–Crippen MR) is 82.4 cm³/mol. The number of benzene rings is 1. The Bertz CT molecular complexity index is 703. The number of aliphatic carboxylic acids is 1. The largest absolute Gasteiger partial charge is 0.497 e. The summed E-state index contributed by atoms with van der Waals surface area (Å²) in [5, 5.41) is 9.71. The topological polar surface area (TPSA) is 63.6 Å². The summed E-state index contributed by atoms with van der Waals surface area (Å²) in [7, 11) is 1.59. The molecule has 0 heterocycles. The molecule has 22 heavy (non-hydrogen) atoms. The van der Waals surface area contributed by atoms with E-state index < -0.39 is 16.8 Å². The van der Waals surface area contributed by atoms with Crippen LogP contribution in [0.3, 0.4) is 0 Å². The molecule has 1 aromatic carbocycles. The van der Waals surface area contributed by atoms with Crippen LogP contribution in [0.1, 0.15) is 49.0 Å². The van der Waals surface area contributed by atoms with Crippen LogP contribution in [-0.2, 0) is 10.2 Å². The van der Waals surface area contributed by atoms with Crippen molar-refractivity contribution in [2.45, 2.75) is 38.5 Å². The van der Waals surface area contributed by atoms with Gasteiger partial charge in [-0.05, 0) is 55.2 Å². The Labute approximate surface area is 129 Å². The lowest BCUT2D eigenvalue weighted by atomic mass is 9.54. The summed E-state index contributed by atoms with van der Waals surface area (Å²) in [6, 6.07) is 5.44. The molecule has 1 N–H and O–H groups in total. The SMILES string of the molecule is COc1ccc2c(c1)[C@@]1(C)CCC[C@@](C)(C(=O)O)C1=CC2=O. The smallest absolute Gasteiger partial charge is 0.313 e. The van der Waals surface area contributed by atoms with Crippen molar-refractivity contribution in [2.75, 3.05) is 7.11 Å². The molecule has 3 rings (SSSR count). The van der Waals surface area contributed by atoms with Crippen molar-refractivity contribution in [1.29, 1.82) is 0 Å². The molecule has 0 aliphatic heterocycles. The second kappa shape index (κ2) is 4.70. The molecule has 0 aromatic heterocycles. The highest BCUT2D eigenvalue weighted by Crippen LogP contribution is 2.55. The first-order chi connectivity index (χ1) is 10.3. The molecular formula is C18H20O4. The number of fused-ring (bicyclic) bond motifs is 3. The van der Waals surface area contributed by atoms with E-state index in [1.54, 1.807) is 32.2 Å². The van der Waals surface area contributed by atoms with Gasteiger partial charge in [0.05, 0.1) is 12.5 Å². The van der Waals surface area contributed by atoms with E-state index in [0.29, 0.717) is 17.7 Å². The van der Waals surface area contributed by atoms with Crippen LogP contribution >= 0.6 is 0 Å². The first-order valence-corrected chi connectivity index (χ1v) is 7.52. The summed E-state index contributed by atoms with van der Waals surface area (Å²) in [6.07, 6.45) is 3.79. The highest BCUT2D eigenvalue weighted by atomic mass is 16.5. The van der Waals surface area contributed by atoms with E-state index in [-0.39, 0.29) is 5.78 Å². The maximum Gasteiger partial charge on any atom is 0.313 e. The van der Waals surface area contributed by atoms with Gasteiger partial charge in [-0.3, -0.25) is 9.59 Å². The highest BCUT2D eigenvalue weighted by molar-refractivity contribution is 6.09. The fourth-order valence-corrected chi connectivity index (χ4v) is 4.02. The third kappa shape index (κ3) is 1.83. The molecule has 0 amide bonds. The third-order valence-corrected chi connectivity index (χ3v) is 5.38. The molecule has 1 saturated carbocycles. The van der Waals surface area contributed by atoms with E-state index in [1.165, 1.54) is 0 Å². The van der Waals surface area contributed by atoms with Crippen molar-refractivity contribution in [2.24, 2.45) is 5.41 Å². The van der Waals surface area contributed by atoms with Crippen LogP contribution in [0, 0.1) is 5.41 Å². The van der Waals surface area contributed by atoms with Crippen molar-refractivity contribution in [3.05, 3.63) is 41.0 Å². The molecule has 1 fully saturated rings. The Morgan fingerprint density at radius 1 is 1.27 bits per heavy atom. The van der Waals surface area contributed by atoms with Crippen molar-refractivity contribution in [3.63, 3.8) is 0 Å². The number of carbonyl (C=O) groups is 2. The fourth-order valence-electron chi connectivity index (χ4n) is 4.02. The zero-order valence-corrected chi connectivity index (χ0v) is 13.1. The second-order valence-electron chi connectivity index (χ2n) is 6.66. The third-order valence-electron chi connectivity index (χ3n) is 5.38. The predicted octanol–water partition coefficient (Wildman–Crippen LogP) is 3.35. The Kier molecular flexibility index (Phi) is 3.17. The Morgan fingerprint density at radius 3 is 2.64 bits per heavy atom.